The number of hydrogen-bond donors (Lipinski definition) is 3. The van der Waals surface area contributed by atoms with Gasteiger partial charge in [-0.15, -0.1) is 0 Å². The number of ether oxygens (including phenoxy) is 1. The van der Waals surface area contributed by atoms with Gasteiger partial charge in [0.15, 0.2) is 5.82 Å². The van der Waals surface area contributed by atoms with Crippen LogP contribution < -0.4 is 11.1 Å². The number of benzene rings is 1. The number of para-hydroxylation sites is 1. The van der Waals surface area contributed by atoms with Crippen LogP contribution in [-0.2, 0) is 17.8 Å². The van der Waals surface area contributed by atoms with Gasteiger partial charge < -0.3 is 20.8 Å². The molecular weight excluding hydrogens is 338 g/mol. The molecule has 1 saturated carbocycles. The highest BCUT2D eigenvalue weighted by atomic mass is 16.5. The number of fused-ring (bicyclic) bond motifs is 1. The van der Waals surface area contributed by atoms with Crippen molar-refractivity contribution in [2.45, 2.75) is 44.8 Å². The van der Waals surface area contributed by atoms with E-state index in [0.717, 1.165) is 43.1 Å². The van der Waals surface area contributed by atoms with E-state index in [1.807, 2.05) is 0 Å². The molecule has 3 aromatic rings. The average molecular weight is 365 g/mol. The van der Waals surface area contributed by atoms with Crippen LogP contribution in [0.3, 0.4) is 0 Å². The lowest BCUT2D eigenvalue weighted by molar-refractivity contribution is 0.177. The van der Waals surface area contributed by atoms with Crippen molar-refractivity contribution in [1.82, 2.24) is 15.0 Å². The number of hydrogen-bond acceptors (Lipinski definition) is 5. The minimum atomic E-state index is 0.303. The van der Waals surface area contributed by atoms with Gasteiger partial charge in [0.05, 0.1) is 0 Å². The third kappa shape index (κ3) is 3.82. The van der Waals surface area contributed by atoms with Gasteiger partial charge in [-0.3, -0.25) is 0 Å². The zero-order valence-electron chi connectivity index (χ0n) is 16.0. The fourth-order valence-electron chi connectivity index (χ4n) is 3.89. The van der Waals surface area contributed by atoms with Gasteiger partial charge in [-0.25, -0.2) is 9.97 Å². The molecule has 27 heavy (non-hydrogen) atoms. The lowest BCUT2D eigenvalue weighted by Gasteiger charge is -2.32. The summed E-state index contributed by atoms with van der Waals surface area (Å²) in [5, 5.41) is 4.77. The largest absolute Gasteiger partial charge is 0.377 e. The van der Waals surface area contributed by atoms with E-state index < -0.39 is 0 Å². The predicted molar refractivity (Wildman–Crippen MR) is 108 cm³/mol. The number of nitrogens with two attached hydrogens (primary N) is 1. The first kappa shape index (κ1) is 17.9. The maximum atomic E-state index is 5.95. The molecule has 1 aromatic carbocycles. The molecule has 0 atom stereocenters. The van der Waals surface area contributed by atoms with E-state index in [1.165, 1.54) is 22.2 Å². The average Bonchev–Trinajstić information content (AvgIpc) is 2.95. The van der Waals surface area contributed by atoms with Gasteiger partial charge in [-0.2, -0.15) is 0 Å². The number of aryl methyl sites for hydroxylation is 1. The minimum Gasteiger partial charge on any atom is -0.377 e. The normalized spacial score (nSPS) is 19.2. The van der Waals surface area contributed by atoms with Crippen molar-refractivity contribution in [1.29, 1.82) is 0 Å². The molecular formula is C21H27N5O. The summed E-state index contributed by atoms with van der Waals surface area (Å²) >= 11 is 0. The molecule has 142 valence electrons. The summed E-state index contributed by atoms with van der Waals surface area (Å²) in [4.78, 5) is 12.7. The van der Waals surface area contributed by atoms with Crippen LogP contribution in [0.2, 0.25) is 0 Å². The van der Waals surface area contributed by atoms with Crippen LogP contribution in [0.1, 0.15) is 41.5 Å². The van der Waals surface area contributed by atoms with E-state index in [0.29, 0.717) is 18.6 Å². The standard InChI is InChI=1S/C21H27N5O/c1-13-16(17-5-3-4-6-18(17)24-13)7-8-23-20-11-19(14-9-15(22)10-14)25-21(26-20)12-27-2/h3-6,11,14-15,24H,7-10,12,22H2,1-2H3,(H,23,25,26). The van der Waals surface area contributed by atoms with Crippen LogP contribution >= 0.6 is 0 Å². The van der Waals surface area contributed by atoms with Crippen molar-refractivity contribution in [3.05, 3.63) is 53.1 Å². The minimum absolute atomic E-state index is 0.303. The molecule has 6 nitrogen and oxygen atoms in total. The second-order valence-corrected chi connectivity index (χ2v) is 7.41. The van der Waals surface area contributed by atoms with Crippen molar-refractivity contribution in [3.63, 3.8) is 0 Å². The smallest absolute Gasteiger partial charge is 0.156 e. The molecule has 1 aliphatic rings. The summed E-state index contributed by atoms with van der Waals surface area (Å²) in [7, 11) is 1.67. The first-order chi connectivity index (χ1) is 13.1. The van der Waals surface area contributed by atoms with Crippen LogP contribution in [0.4, 0.5) is 5.82 Å². The second-order valence-electron chi connectivity index (χ2n) is 7.41. The summed E-state index contributed by atoms with van der Waals surface area (Å²) in [6.45, 7) is 3.37. The first-order valence-corrected chi connectivity index (χ1v) is 9.56. The van der Waals surface area contributed by atoms with Gasteiger partial charge in [0.1, 0.15) is 12.4 Å². The van der Waals surface area contributed by atoms with Crippen LogP contribution in [0, 0.1) is 6.92 Å². The van der Waals surface area contributed by atoms with Crippen molar-refractivity contribution in [2.75, 3.05) is 19.0 Å². The molecule has 1 aliphatic carbocycles. The molecule has 0 amide bonds. The zero-order valence-corrected chi connectivity index (χ0v) is 16.0. The predicted octanol–water partition coefficient (Wildman–Crippen LogP) is 3.27. The van der Waals surface area contributed by atoms with Gasteiger partial charge in [0.2, 0.25) is 0 Å². The quantitative estimate of drug-likeness (QED) is 0.598. The van der Waals surface area contributed by atoms with Crippen LogP contribution in [-0.4, -0.2) is 34.6 Å². The Bertz CT molecular complexity index is 929. The van der Waals surface area contributed by atoms with Gasteiger partial charge in [0, 0.05) is 54.0 Å². The van der Waals surface area contributed by atoms with Crippen LogP contribution in [0.15, 0.2) is 30.3 Å². The highest BCUT2D eigenvalue weighted by Gasteiger charge is 2.29. The Morgan fingerprint density at radius 1 is 1.26 bits per heavy atom. The monoisotopic (exact) mass is 365 g/mol. The Morgan fingerprint density at radius 3 is 2.85 bits per heavy atom. The van der Waals surface area contributed by atoms with E-state index in [1.54, 1.807) is 7.11 Å². The molecule has 0 bridgehead atoms. The van der Waals surface area contributed by atoms with Crippen LogP contribution in [0.5, 0.6) is 0 Å². The lowest BCUT2D eigenvalue weighted by Crippen LogP contribution is -2.35. The number of rotatable bonds is 7. The molecule has 0 radical (unpaired) electrons. The lowest BCUT2D eigenvalue weighted by atomic mass is 9.78. The van der Waals surface area contributed by atoms with Gasteiger partial charge >= 0.3 is 0 Å². The third-order valence-corrected chi connectivity index (χ3v) is 5.37. The molecule has 2 heterocycles. The number of aromatic nitrogens is 3. The highest BCUT2D eigenvalue weighted by molar-refractivity contribution is 5.84. The maximum Gasteiger partial charge on any atom is 0.156 e. The topological polar surface area (TPSA) is 88.8 Å². The fraction of sp³-hybridized carbons (Fsp3) is 0.429. The highest BCUT2D eigenvalue weighted by Crippen LogP contribution is 2.35. The van der Waals surface area contributed by atoms with E-state index >= 15 is 0 Å². The fourth-order valence-corrected chi connectivity index (χ4v) is 3.89. The number of aromatic amines is 1. The van der Waals surface area contributed by atoms with E-state index in [4.69, 9.17) is 10.5 Å². The molecule has 0 unspecified atom stereocenters. The maximum absolute atomic E-state index is 5.95. The first-order valence-electron chi connectivity index (χ1n) is 9.56. The van der Waals surface area contributed by atoms with Crippen LogP contribution in [0.25, 0.3) is 10.9 Å². The molecule has 4 N–H and O–H groups in total. The van der Waals surface area contributed by atoms with E-state index in [-0.39, 0.29) is 0 Å². The molecule has 0 aliphatic heterocycles. The number of H-pyrrole nitrogens is 1. The number of methoxy groups -OCH3 is 1. The summed E-state index contributed by atoms with van der Waals surface area (Å²) < 4.78 is 5.24. The number of anilines is 1. The van der Waals surface area contributed by atoms with Crippen molar-refractivity contribution < 1.29 is 4.74 Å². The Labute approximate surface area is 159 Å². The van der Waals surface area contributed by atoms with Crippen molar-refractivity contribution in [3.8, 4) is 0 Å². The molecule has 0 spiro atoms. The number of nitrogens with zero attached hydrogens (tertiary/aromatic N) is 2. The summed E-state index contributed by atoms with van der Waals surface area (Å²) in [5.74, 6) is 2.03. The van der Waals surface area contributed by atoms with Gasteiger partial charge in [-0.05, 0) is 37.8 Å². The summed E-state index contributed by atoms with van der Waals surface area (Å²) in [5.41, 5.74) is 10.8. The van der Waals surface area contributed by atoms with E-state index in [9.17, 15) is 0 Å². The Hall–Kier alpha value is -2.44. The summed E-state index contributed by atoms with van der Waals surface area (Å²) in [6.07, 6.45) is 2.93. The van der Waals surface area contributed by atoms with Gasteiger partial charge in [-0.1, -0.05) is 18.2 Å². The van der Waals surface area contributed by atoms with Gasteiger partial charge in [0.25, 0.3) is 0 Å². The Morgan fingerprint density at radius 2 is 2.07 bits per heavy atom. The molecule has 0 saturated heterocycles. The summed E-state index contributed by atoms with van der Waals surface area (Å²) in [6, 6.07) is 10.8. The second kappa shape index (κ2) is 7.66. The SMILES string of the molecule is COCc1nc(NCCc2c(C)[nH]c3ccccc23)cc(C2CC(N)C2)n1. The third-order valence-electron chi connectivity index (χ3n) is 5.37. The van der Waals surface area contributed by atoms with E-state index in [2.05, 4.69) is 57.5 Å². The zero-order chi connectivity index (χ0) is 18.8. The Kier molecular flexibility index (Phi) is 5.09. The number of nitrogens with one attached hydrogen (secondary N) is 2. The molecule has 1 fully saturated rings. The van der Waals surface area contributed by atoms with Crippen molar-refractivity contribution >= 4 is 16.7 Å². The molecule has 2 aromatic heterocycles. The molecule has 4 rings (SSSR count). The van der Waals surface area contributed by atoms with Crippen molar-refractivity contribution in [2.24, 2.45) is 5.73 Å². The molecule has 6 heteroatoms. The Balaban J connectivity index is 1.47.